The van der Waals surface area contributed by atoms with E-state index in [-0.39, 0.29) is 17.2 Å². The molecular weight excluding hydrogens is 423 g/mol. The molecule has 0 aliphatic rings. The van der Waals surface area contributed by atoms with Gasteiger partial charge in [-0.1, -0.05) is 0 Å². The summed E-state index contributed by atoms with van der Waals surface area (Å²) in [6.45, 7) is 0. The lowest BCUT2D eigenvalue weighted by Crippen LogP contribution is -2.21. The first-order valence-electron chi connectivity index (χ1n) is 7.79. The van der Waals surface area contributed by atoms with Crippen molar-refractivity contribution in [2.24, 2.45) is 16.6 Å². The Balaban J connectivity index is 2.40. The highest BCUT2D eigenvalue weighted by molar-refractivity contribution is 6.18. The number of halogens is 7. The molecule has 13 heteroatoms. The molecule has 160 valence electrons. The number of amidine groups is 1. The summed E-state index contributed by atoms with van der Waals surface area (Å²) in [5, 5.41) is 3.43. The van der Waals surface area contributed by atoms with E-state index >= 15 is 0 Å². The lowest BCUT2D eigenvalue weighted by atomic mass is 10.0. The molecule has 2 rings (SSSR count). The van der Waals surface area contributed by atoms with Crippen molar-refractivity contribution in [3.63, 3.8) is 0 Å². The topological polar surface area (TPSA) is 106 Å². The van der Waals surface area contributed by atoms with Crippen molar-refractivity contribution in [1.82, 2.24) is 10.4 Å². The predicted molar refractivity (Wildman–Crippen MR) is 91.7 cm³/mol. The predicted octanol–water partition coefficient (Wildman–Crippen LogP) is 2.99. The highest BCUT2D eigenvalue weighted by Gasteiger charge is 2.37. The number of nitrogens with one attached hydrogen (secondary N) is 1. The molecule has 1 aromatic carbocycles. The smallest absolute Gasteiger partial charge is 0.382 e. The number of nitrogens with two attached hydrogens (primary N) is 2. The molecule has 2 aromatic rings. The number of carbonyl (C=O) groups is 1. The third-order valence-electron chi connectivity index (χ3n) is 3.58. The van der Waals surface area contributed by atoms with Crippen LogP contribution in [0.1, 0.15) is 22.3 Å². The van der Waals surface area contributed by atoms with Crippen molar-refractivity contribution in [2.75, 3.05) is 0 Å². The van der Waals surface area contributed by atoms with Gasteiger partial charge in [0.1, 0.15) is 0 Å². The van der Waals surface area contributed by atoms with Gasteiger partial charge in [0.2, 0.25) is 5.95 Å². The largest absolute Gasteiger partial charge is 0.416 e. The third kappa shape index (κ3) is 5.68. The summed E-state index contributed by atoms with van der Waals surface area (Å²) in [6, 6.07) is 2.80. The lowest BCUT2D eigenvalue weighted by molar-refractivity contribution is -0.143. The van der Waals surface area contributed by atoms with Gasteiger partial charge in [0.25, 0.3) is 5.91 Å². The van der Waals surface area contributed by atoms with Gasteiger partial charge in [0.15, 0.2) is 5.84 Å². The van der Waals surface area contributed by atoms with Gasteiger partial charge in [-0.25, -0.2) is 4.98 Å². The number of hydrazone groups is 1. The first-order chi connectivity index (χ1) is 13.8. The third-order valence-corrected chi connectivity index (χ3v) is 3.58. The van der Waals surface area contributed by atoms with Crippen LogP contribution in [-0.4, -0.2) is 16.7 Å². The van der Waals surface area contributed by atoms with Gasteiger partial charge >= 0.3 is 12.4 Å². The maximum Gasteiger partial charge on any atom is 0.416 e. The summed E-state index contributed by atoms with van der Waals surface area (Å²) in [7, 11) is 0. The first-order valence-corrected chi connectivity index (χ1v) is 7.79. The van der Waals surface area contributed by atoms with Crippen LogP contribution in [0.2, 0.25) is 0 Å². The van der Waals surface area contributed by atoms with Crippen molar-refractivity contribution < 1.29 is 35.5 Å². The van der Waals surface area contributed by atoms with Gasteiger partial charge in [-0.2, -0.15) is 35.8 Å². The first kappa shape index (κ1) is 22.6. The Morgan fingerprint density at radius 1 is 0.967 bits per heavy atom. The minimum absolute atomic E-state index is 0.00491. The van der Waals surface area contributed by atoms with Crippen molar-refractivity contribution >= 4 is 17.3 Å². The van der Waals surface area contributed by atoms with E-state index in [4.69, 9.17) is 11.5 Å². The maximum absolute atomic E-state index is 13.2. The zero-order chi connectivity index (χ0) is 22.7. The van der Waals surface area contributed by atoms with Gasteiger partial charge in [0.05, 0.1) is 16.7 Å². The molecule has 0 unspecified atom stereocenters. The summed E-state index contributed by atoms with van der Waals surface area (Å²) in [6.07, 6.45) is -8.23. The zero-order valence-electron chi connectivity index (χ0n) is 14.6. The number of benzene rings is 1. The quantitative estimate of drug-likeness (QED) is 0.168. The van der Waals surface area contributed by atoms with Gasteiger partial charge in [-0.05, 0) is 29.8 Å². The molecule has 0 spiro atoms. The molecule has 0 aliphatic carbocycles. The second kappa shape index (κ2) is 8.39. The van der Waals surface area contributed by atoms with E-state index < -0.39 is 46.7 Å². The monoisotopic (exact) mass is 435 g/mol. The molecule has 5 N–H and O–H groups in total. The fourth-order valence-electron chi connectivity index (χ4n) is 2.20. The molecule has 0 fully saturated rings. The number of hydrogen-bond acceptors (Lipinski definition) is 4. The summed E-state index contributed by atoms with van der Waals surface area (Å²) >= 11 is 0. The van der Waals surface area contributed by atoms with Crippen LogP contribution in [0.5, 0.6) is 0 Å². The minimum atomic E-state index is -5.06. The van der Waals surface area contributed by atoms with E-state index in [1.54, 1.807) is 0 Å². The molecular formula is C17H12F7N5O. The molecule has 0 atom stereocenters. The SMILES string of the molecule is NC(=O)/C(=C/N/N=C(\N)c1cc(C(F)(F)F)cc(C(F)(F)F)c1)c1ccnc(F)c1. The summed E-state index contributed by atoms with van der Waals surface area (Å²) < 4.78 is 90.6. The fraction of sp³-hybridized carbons (Fsp3) is 0.118. The van der Waals surface area contributed by atoms with Crippen LogP contribution in [0.4, 0.5) is 30.7 Å². The Morgan fingerprint density at radius 3 is 2.00 bits per heavy atom. The van der Waals surface area contributed by atoms with E-state index in [0.29, 0.717) is 12.1 Å². The van der Waals surface area contributed by atoms with E-state index in [1.807, 2.05) is 0 Å². The van der Waals surface area contributed by atoms with Crippen LogP contribution >= 0.6 is 0 Å². The number of nitrogens with zero attached hydrogens (tertiary/aromatic N) is 2. The highest BCUT2D eigenvalue weighted by Crippen LogP contribution is 2.36. The van der Waals surface area contributed by atoms with Crippen LogP contribution in [0.15, 0.2) is 47.8 Å². The van der Waals surface area contributed by atoms with E-state index in [1.165, 1.54) is 6.07 Å². The number of carbonyl (C=O) groups excluding carboxylic acids is 1. The maximum atomic E-state index is 13.2. The van der Waals surface area contributed by atoms with Gasteiger partial charge in [0, 0.05) is 24.0 Å². The molecule has 30 heavy (non-hydrogen) atoms. The second-order valence-electron chi connectivity index (χ2n) is 5.71. The Hall–Kier alpha value is -3.64. The Bertz CT molecular complexity index is 980. The van der Waals surface area contributed by atoms with Crippen molar-refractivity contribution in [3.8, 4) is 0 Å². The van der Waals surface area contributed by atoms with E-state index in [2.05, 4.69) is 15.5 Å². The van der Waals surface area contributed by atoms with Crippen molar-refractivity contribution in [3.05, 3.63) is 70.9 Å². The summed E-state index contributed by atoms with van der Waals surface area (Å²) in [5.74, 6) is -2.70. The number of primary amides is 1. The van der Waals surface area contributed by atoms with Gasteiger partial charge in [-0.15, -0.1) is 0 Å². The number of amides is 1. The Labute approximate surface area is 164 Å². The zero-order valence-corrected chi connectivity index (χ0v) is 14.6. The van der Waals surface area contributed by atoms with Crippen LogP contribution in [0.25, 0.3) is 5.57 Å². The standard InChI is InChI=1S/C17H12F7N5O/c18-13-5-8(1-2-27-13)12(15(26)30)7-28-29-14(25)9-3-10(16(19,20)21)6-11(4-9)17(22,23)24/h1-7,28H,(H2,25,29)(H2,26,30)/b12-7+. The van der Waals surface area contributed by atoms with Gasteiger partial charge in [-0.3, -0.25) is 10.2 Å². The average Bonchev–Trinajstić information content (AvgIpc) is 2.63. The fourth-order valence-corrected chi connectivity index (χ4v) is 2.20. The number of rotatable bonds is 5. The molecule has 0 radical (unpaired) electrons. The molecule has 0 bridgehead atoms. The molecule has 0 saturated carbocycles. The average molecular weight is 435 g/mol. The van der Waals surface area contributed by atoms with Gasteiger partial charge < -0.3 is 11.5 Å². The van der Waals surface area contributed by atoms with Crippen LogP contribution in [-0.2, 0) is 17.1 Å². The molecule has 6 nitrogen and oxygen atoms in total. The van der Waals surface area contributed by atoms with Crippen LogP contribution in [0, 0.1) is 5.95 Å². The Morgan fingerprint density at radius 2 is 1.53 bits per heavy atom. The van der Waals surface area contributed by atoms with Crippen molar-refractivity contribution in [1.29, 1.82) is 0 Å². The highest BCUT2D eigenvalue weighted by atomic mass is 19.4. The summed E-state index contributed by atoms with van der Waals surface area (Å²) in [5.41, 5.74) is 8.61. The number of hydrogen-bond donors (Lipinski definition) is 3. The summed E-state index contributed by atoms with van der Waals surface area (Å²) in [4.78, 5) is 14.8. The minimum Gasteiger partial charge on any atom is -0.382 e. The second-order valence-corrected chi connectivity index (χ2v) is 5.71. The molecule has 1 heterocycles. The number of alkyl halides is 6. The van der Waals surface area contributed by atoms with E-state index in [9.17, 15) is 35.5 Å². The molecule has 0 saturated heterocycles. The number of pyridine rings is 1. The van der Waals surface area contributed by atoms with E-state index in [0.717, 1.165) is 18.5 Å². The molecule has 0 aliphatic heterocycles. The molecule has 1 aromatic heterocycles. The van der Waals surface area contributed by atoms with Crippen LogP contribution < -0.4 is 16.9 Å². The van der Waals surface area contributed by atoms with Crippen LogP contribution in [0.3, 0.4) is 0 Å². The molecule has 1 amide bonds. The number of aromatic nitrogens is 1. The Kier molecular flexibility index (Phi) is 6.33. The lowest BCUT2D eigenvalue weighted by Gasteiger charge is -2.14. The van der Waals surface area contributed by atoms with Crippen molar-refractivity contribution in [2.45, 2.75) is 12.4 Å². The normalized spacial score (nSPS) is 13.3.